The van der Waals surface area contributed by atoms with Gasteiger partial charge < -0.3 is 5.32 Å². The second kappa shape index (κ2) is 6.55. The Morgan fingerprint density at radius 2 is 1.50 bits per heavy atom. The van der Waals surface area contributed by atoms with Gasteiger partial charge in [0.1, 0.15) is 0 Å². The first-order chi connectivity index (χ1) is 9.43. The van der Waals surface area contributed by atoms with Crippen LogP contribution in [0.5, 0.6) is 0 Å². The van der Waals surface area contributed by atoms with Crippen LogP contribution >= 0.6 is 46.4 Å². The molecular formula is C15H13Cl4N. The van der Waals surface area contributed by atoms with Gasteiger partial charge in [-0.1, -0.05) is 58.5 Å². The van der Waals surface area contributed by atoms with Gasteiger partial charge in [-0.15, -0.1) is 0 Å². The van der Waals surface area contributed by atoms with Crippen LogP contribution < -0.4 is 5.32 Å². The highest BCUT2D eigenvalue weighted by Crippen LogP contribution is 2.39. The van der Waals surface area contributed by atoms with E-state index in [1.807, 2.05) is 32.2 Å². The Bertz CT molecular complexity index is 617. The largest absolute Gasteiger partial charge is 0.313 e. The molecule has 2 aromatic rings. The molecule has 0 saturated heterocycles. The van der Waals surface area contributed by atoms with E-state index in [2.05, 4.69) is 5.32 Å². The maximum Gasteiger partial charge on any atom is 0.0514 e. The standard InChI is InChI=1S/C15H13Cl4N/c1-8(20-2)11-4-3-9(5-12(11)17)15-13(18)6-10(16)7-14(15)19/h3-8,20H,1-2H3. The van der Waals surface area contributed by atoms with Crippen LogP contribution in [0.4, 0.5) is 0 Å². The van der Waals surface area contributed by atoms with Gasteiger partial charge in [0.05, 0.1) is 10.0 Å². The average Bonchev–Trinajstić information content (AvgIpc) is 2.37. The van der Waals surface area contributed by atoms with Gasteiger partial charge in [0.2, 0.25) is 0 Å². The van der Waals surface area contributed by atoms with Crippen molar-refractivity contribution >= 4 is 46.4 Å². The Hall–Kier alpha value is -0.440. The van der Waals surface area contributed by atoms with Crippen LogP contribution in [0, 0.1) is 0 Å². The average molecular weight is 349 g/mol. The molecule has 0 aliphatic carbocycles. The molecule has 1 atom stereocenters. The smallest absolute Gasteiger partial charge is 0.0514 e. The second-order valence-electron chi connectivity index (χ2n) is 4.49. The molecule has 106 valence electrons. The maximum atomic E-state index is 6.34. The van der Waals surface area contributed by atoms with Gasteiger partial charge >= 0.3 is 0 Å². The Labute approximate surface area is 138 Å². The van der Waals surface area contributed by atoms with Gasteiger partial charge in [0.15, 0.2) is 0 Å². The van der Waals surface area contributed by atoms with Gasteiger partial charge in [0, 0.05) is 21.7 Å². The van der Waals surface area contributed by atoms with Crippen molar-refractivity contribution in [2.24, 2.45) is 0 Å². The van der Waals surface area contributed by atoms with E-state index in [4.69, 9.17) is 46.4 Å². The van der Waals surface area contributed by atoms with Crippen LogP contribution in [-0.4, -0.2) is 7.05 Å². The number of halogens is 4. The molecule has 1 N–H and O–H groups in total. The van der Waals surface area contributed by atoms with Crippen molar-refractivity contribution in [1.29, 1.82) is 0 Å². The monoisotopic (exact) mass is 347 g/mol. The number of hydrogen-bond acceptors (Lipinski definition) is 1. The van der Waals surface area contributed by atoms with Crippen molar-refractivity contribution in [2.45, 2.75) is 13.0 Å². The van der Waals surface area contributed by atoms with Crippen LogP contribution in [-0.2, 0) is 0 Å². The Balaban J connectivity index is 2.53. The molecule has 0 saturated carbocycles. The summed E-state index contributed by atoms with van der Waals surface area (Å²) in [5.74, 6) is 0. The molecule has 0 aromatic heterocycles. The summed E-state index contributed by atoms with van der Waals surface area (Å²) in [6.45, 7) is 2.04. The molecule has 2 aromatic carbocycles. The molecule has 2 rings (SSSR count). The second-order valence-corrected chi connectivity index (χ2v) is 6.15. The molecule has 0 spiro atoms. The van der Waals surface area contributed by atoms with Gasteiger partial charge in [-0.05, 0) is 43.3 Å². The zero-order valence-electron chi connectivity index (χ0n) is 11.0. The number of nitrogens with one attached hydrogen (secondary N) is 1. The lowest BCUT2D eigenvalue weighted by molar-refractivity contribution is 0.652. The molecule has 0 aliphatic rings. The van der Waals surface area contributed by atoms with Gasteiger partial charge in [-0.3, -0.25) is 0 Å². The molecule has 0 radical (unpaired) electrons. The minimum absolute atomic E-state index is 0.174. The summed E-state index contributed by atoms with van der Waals surface area (Å²) in [6, 6.07) is 9.31. The van der Waals surface area contributed by atoms with E-state index in [1.165, 1.54) is 0 Å². The van der Waals surface area contributed by atoms with Crippen LogP contribution in [0.25, 0.3) is 11.1 Å². The summed E-state index contributed by atoms with van der Waals surface area (Å²) in [5.41, 5.74) is 2.64. The third kappa shape index (κ3) is 3.24. The van der Waals surface area contributed by atoms with Gasteiger partial charge in [0.25, 0.3) is 0 Å². The fourth-order valence-corrected chi connectivity index (χ4v) is 3.39. The van der Waals surface area contributed by atoms with E-state index in [0.29, 0.717) is 20.1 Å². The highest BCUT2D eigenvalue weighted by atomic mass is 35.5. The van der Waals surface area contributed by atoms with E-state index in [0.717, 1.165) is 16.7 Å². The number of rotatable bonds is 3. The molecule has 0 amide bonds. The predicted octanol–water partition coefficient (Wildman–Crippen LogP) is 6.25. The third-order valence-electron chi connectivity index (χ3n) is 3.20. The lowest BCUT2D eigenvalue weighted by Gasteiger charge is -2.15. The lowest BCUT2D eigenvalue weighted by Crippen LogP contribution is -2.12. The van der Waals surface area contributed by atoms with E-state index >= 15 is 0 Å². The van der Waals surface area contributed by atoms with E-state index in [1.54, 1.807) is 12.1 Å². The fourth-order valence-electron chi connectivity index (χ4n) is 2.01. The lowest BCUT2D eigenvalue weighted by atomic mass is 10.0. The first kappa shape index (κ1) is 15.9. The zero-order valence-corrected chi connectivity index (χ0v) is 14.0. The van der Waals surface area contributed by atoms with Crippen LogP contribution in [0.3, 0.4) is 0 Å². The number of hydrogen-bond donors (Lipinski definition) is 1. The molecular weight excluding hydrogens is 336 g/mol. The van der Waals surface area contributed by atoms with Crippen molar-refractivity contribution in [1.82, 2.24) is 5.32 Å². The Morgan fingerprint density at radius 3 is 2.00 bits per heavy atom. The normalized spacial score (nSPS) is 12.5. The van der Waals surface area contributed by atoms with E-state index in [-0.39, 0.29) is 6.04 Å². The molecule has 0 fully saturated rings. The van der Waals surface area contributed by atoms with Crippen molar-refractivity contribution in [3.63, 3.8) is 0 Å². The van der Waals surface area contributed by atoms with Crippen molar-refractivity contribution < 1.29 is 0 Å². The first-order valence-corrected chi connectivity index (χ1v) is 7.57. The molecule has 0 heterocycles. The summed E-state index contributed by atoms with van der Waals surface area (Å²) in [4.78, 5) is 0. The molecule has 20 heavy (non-hydrogen) atoms. The van der Waals surface area contributed by atoms with Crippen molar-refractivity contribution in [3.8, 4) is 11.1 Å². The molecule has 0 aliphatic heterocycles. The third-order valence-corrected chi connectivity index (χ3v) is 4.34. The summed E-state index contributed by atoms with van der Waals surface area (Å²) in [7, 11) is 1.89. The summed E-state index contributed by atoms with van der Waals surface area (Å²) in [5, 5.41) is 5.35. The van der Waals surface area contributed by atoms with Gasteiger partial charge in [-0.2, -0.15) is 0 Å². The predicted molar refractivity (Wildman–Crippen MR) is 89.4 cm³/mol. The fraction of sp³-hybridized carbons (Fsp3) is 0.200. The maximum absolute atomic E-state index is 6.34. The van der Waals surface area contributed by atoms with Crippen molar-refractivity contribution in [3.05, 3.63) is 56.0 Å². The van der Waals surface area contributed by atoms with Crippen molar-refractivity contribution in [2.75, 3.05) is 7.05 Å². The topological polar surface area (TPSA) is 12.0 Å². The SMILES string of the molecule is CNC(C)c1ccc(-c2c(Cl)cc(Cl)cc2Cl)cc1Cl. The summed E-state index contributed by atoms with van der Waals surface area (Å²) < 4.78 is 0. The zero-order chi connectivity index (χ0) is 14.9. The van der Waals surface area contributed by atoms with Crippen LogP contribution in [0.1, 0.15) is 18.5 Å². The van der Waals surface area contributed by atoms with Crippen LogP contribution in [0.15, 0.2) is 30.3 Å². The first-order valence-electron chi connectivity index (χ1n) is 6.05. The molecule has 1 nitrogen and oxygen atoms in total. The van der Waals surface area contributed by atoms with Crippen LogP contribution in [0.2, 0.25) is 20.1 Å². The minimum Gasteiger partial charge on any atom is -0.313 e. The number of benzene rings is 2. The highest BCUT2D eigenvalue weighted by Gasteiger charge is 2.13. The van der Waals surface area contributed by atoms with E-state index < -0.39 is 0 Å². The summed E-state index contributed by atoms with van der Waals surface area (Å²) in [6.07, 6.45) is 0. The molecule has 5 heteroatoms. The van der Waals surface area contributed by atoms with E-state index in [9.17, 15) is 0 Å². The van der Waals surface area contributed by atoms with Gasteiger partial charge in [-0.25, -0.2) is 0 Å². The molecule has 0 bridgehead atoms. The molecule has 1 unspecified atom stereocenters. The Morgan fingerprint density at radius 1 is 0.900 bits per heavy atom. The Kier molecular flexibility index (Phi) is 5.22. The quantitative estimate of drug-likeness (QED) is 0.691. The highest BCUT2D eigenvalue weighted by molar-refractivity contribution is 6.42. The minimum atomic E-state index is 0.174. The summed E-state index contributed by atoms with van der Waals surface area (Å²) >= 11 is 24.7.